The molecule has 1 unspecified atom stereocenters. The van der Waals surface area contributed by atoms with E-state index in [-0.39, 0.29) is 11.6 Å². The van der Waals surface area contributed by atoms with Crippen molar-refractivity contribution < 1.29 is 14.2 Å². The fourth-order valence-electron chi connectivity index (χ4n) is 3.46. The van der Waals surface area contributed by atoms with Crippen LogP contribution in [0.15, 0.2) is 42.7 Å². The topological polar surface area (TPSA) is 110 Å². The highest BCUT2D eigenvalue weighted by molar-refractivity contribution is 5.73. The van der Waals surface area contributed by atoms with Crippen molar-refractivity contribution in [3.63, 3.8) is 0 Å². The van der Waals surface area contributed by atoms with E-state index in [9.17, 15) is 9.50 Å². The van der Waals surface area contributed by atoms with E-state index < -0.39 is 18.3 Å². The van der Waals surface area contributed by atoms with Crippen LogP contribution in [0.4, 0.5) is 4.39 Å². The Labute approximate surface area is 161 Å². The van der Waals surface area contributed by atoms with Gasteiger partial charge in [0.15, 0.2) is 6.17 Å². The zero-order valence-corrected chi connectivity index (χ0v) is 15.3. The number of hydrogen-bond donors (Lipinski definition) is 3. The van der Waals surface area contributed by atoms with E-state index in [4.69, 9.17) is 10.5 Å². The predicted octanol–water partition coefficient (Wildman–Crippen LogP) is 3.23. The van der Waals surface area contributed by atoms with Crippen LogP contribution < -0.4 is 10.5 Å². The maximum absolute atomic E-state index is 14.4. The van der Waals surface area contributed by atoms with Gasteiger partial charge in [-0.3, -0.25) is 5.10 Å². The SMILES string of the molecule is NC1CCCC[C@H](Oc2ccc(-c3ccc(-c4cn[nH]c4)cc3O)nn2)[C@@H]1F. The fraction of sp³-hybridized carbons (Fsp3) is 0.350. The Balaban J connectivity index is 1.50. The minimum Gasteiger partial charge on any atom is -0.507 e. The summed E-state index contributed by atoms with van der Waals surface area (Å²) in [6.07, 6.45) is 4.65. The minimum absolute atomic E-state index is 0.0835. The number of nitrogens with one attached hydrogen (secondary N) is 1. The fourth-order valence-corrected chi connectivity index (χ4v) is 3.46. The number of halogens is 1. The third kappa shape index (κ3) is 3.82. The second-order valence-corrected chi connectivity index (χ2v) is 7.02. The molecule has 3 atom stereocenters. The maximum Gasteiger partial charge on any atom is 0.233 e. The van der Waals surface area contributed by atoms with Gasteiger partial charge in [0.1, 0.15) is 11.9 Å². The first-order valence-electron chi connectivity index (χ1n) is 9.34. The van der Waals surface area contributed by atoms with Gasteiger partial charge in [0.25, 0.3) is 0 Å². The summed E-state index contributed by atoms with van der Waals surface area (Å²) in [5.74, 6) is 0.334. The monoisotopic (exact) mass is 383 g/mol. The van der Waals surface area contributed by atoms with Gasteiger partial charge in [-0.2, -0.15) is 5.10 Å². The van der Waals surface area contributed by atoms with Crippen LogP contribution in [0.2, 0.25) is 0 Å². The molecule has 2 heterocycles. The van der Waals surface area contributed by atoms with Crippen molar-refractivity contribution in [3.05, 3.63) is 42.7 Å². The molecule has 8 heteroatoms. The number of ether oxygens (including phenoxy) is 1. The lowest BCUT2D eigenvalue weighted by Crippen LogP contribution is -2.41. The van der Waals surface area contributed by atoms with Crippen molar-refractivity contribution in [2.45, 2.75) is 44.0 Å². The Morgan fingerprint density at radius 2 is 1.96 bits per heavy atom. The van der Waals surface area contributed by atoms with Crippen LogP contribution in [0.25, 0.3) is 22.4 Å². The number of phenolic OH excluding ortho intramolecular Hbond substituents is 1. The number of aromatic hydroxyl groups is 1. The Morgan fingerprint density at radius 3 is 2.68 bits per heavy atom. The second-order valence-electron chi connectivity index (χ2n) is 7.02. The van der Waals surface area contributed by atoms with Crippen LogP contribution in [0.3, 0.4) is 0 Å². The molecule has 146 valence electrons. The molecule has 1 fully saturated rings. The lowest BCUT2D eigenvalue weighted by molar-refractivity contribution is 0.0784. The smallest absolute Gasteiger partial charge is 0.233 e. The number of phenols is 1. The Morgan fingerprint density at radius 1 is 1.11 bits per heavy atom. The quantitative estimate of drug-likeness (QED) is 0.597. The van der Waals surface area contributed by atoms with Crippen molar-refractivity contribution in [2.75, 3.05) is 0 Å². The molecule has 4 N–H and O–H groups in total. The normalized spacial score (nSPS) is 22.6. The van der Waals surface area contributed by atoms with Gasteiger partial charge in [0.2, 0.25) is 5.88 Å². The second kappa shape index (κ2) is 7.93. The summed E-state index contributed by atoms with van der Waals surface area (Å²) in [5.41, 5.74) is 8.62. The Hall–Kier alpha value is -3.00. The highest BCUT2D eigenvalue weighted by atomic mass is 19.1. The van der Waals surface area contributed by atoms with Gasteiger partial charge in [-0.05, 0) is 43.0 Å². The first-order chi connectivity index (χ1) is 13.6. The number of rotatable bonds is 4. The average molecular weight is 383 g/mol. The van der Waals surface area contributed by atoms with Crippen molar-refractivity contribution >= 4 is 0 Å². The summed E-state index contributed by atoms with van der Waals surface area (Å²) in [7, 11) is 0. The van der Waals surface area contributed by atoms with E-state index in [1.165, 1.54) is 0 Å². The standard InChI is InChI=1S/C20H22FN5O2/c21-20-15(22)3-1-2-4-18(20)28-19-8-7-16(25-26-19)14-6-5-12(9-17(14)27)13-10-23-24-11-13/h5-11,15,18,20,27H,1-4,22H2,(H,23,24)/t15?,18-,20+/m0/s1. The van der Waals surface area contributed by atoms with Crippen LogP contribution in [0.5, 0.6) is 11.6 Å². The van der Waals surface area contributed by atoms with Crippen LogP contribution >= 0.6 is 0 Å². The van der Waals surface area contributed by atoms with Gasteiger partial charge in [-0.1, -0.05) is 12.5 Å². The predicted molar refractivity (Wildman–Crippen MR) is 102 cm³/mol. The molecule has 1 saturated carbocycles. The number of nitrogens with two attached hydrogens (primary N) is 1. The summed E-state index contributed by atoms with van der Waals surface area (Å²) in [6.45, 7) is 0. The number of H-pyrrole nitrogens is 1. The van der Waals surface area contributed by atoms with E-state index in [2.05, 4.69) is 20.4 Å². The van der Waals surface area contributed by atoms with E-state index in [1.54, 1.807) is 36.7 Å². The largest absolute Gasteiger partial charge is 0.507 e. The first-order valence-corrected chi connectivity index (χ1v) is 9.34. The number of alkyl halides is 1. The molecular weight excluding hydrogens is 361 g/mol. The molecule has 7 nitrogen and oxygen atoms in total. The Bertz CT molecular complexity index is 917. The highest BCUT2D eigenvalue weighted by Gasteiger charge is 2.31. The average Bonchev–Trinajstić information content (AvgIpc) is 3.20. The molecule has 0 bridgehead atoms. The lowest BCUT2D eigenvalue weighted by Gasteiger charge is -2.22. The molecule has 1 aliphatic rings. The van der Waals surface area contributed by atoms with Crippen LogP contribution in [-0.2, 0) is 0 Å². The van der Waals surface area contributed by atoms with E-state index in [1.807, 2.05) is 6.07 Å². The third-order valence-corrected chi connectivity index (χ3v) is 5.06. The summed E-state index contributed by atoms with van der Waals surface area (Å²) in [5, 5.41) is 25.2. The van der Waals surface area contributed by atoms with Gasteiger partial charge in [-0.25, -0.2) is 4.39 Å². The molecule has 1 aromatic carbocycles. The number of hydrogen-bond acceptors (Lipinski definition) is 6. The minimum atomic E-state index is -1.22. The van der Waals surface area contributed by atoms with E-state index in [0.29, 0.717) is 24.1 Å². The van der Waals surface area contributed by atoms with Gasteiger partial charge < -0.3 is 15.6 Å². The van der Waals surface area contributed by atoms with Crippen LogP contribution in [0.1, 0.15) is 25.7 Å². The number of nitrogens with zero attached hydrogens (tertiary/aromatic N) is 3. The number of benzene rings is 1. The molecule has 3 aromatic rings. The van der Waals surface area contributed by atoms with Crippen LogP contribution in [-0.4, -0.2) is 43.8 Å². The summed E-state index contributed by atoms with van der Waals surface area (Å²) >= 11 is 0. The third-order valence-electron chi connectivity index (χ3n) is 5.06. The molecule has 1 aliphatic carbocycles. The van der Waals surface area contributed by atoms with Crippen molar-refractivity contribution in [2.24, 2.45) is 5.73 Å². The molecule has 4 rings (SSSR count). The number of aromatic nitrogens is 4. The first kappa shape index (κ1) is 18.4. The van der Waals surface area contributed by atoms with Crippen molar-refractivity contribution in [3.8, 4) is 34.0 Å². The molecule has 0 saturated heterocycles. The molecular formula is C20H22FN5O2. The van der Waals surface area contributed by atoms with Crippen molar-refractivity contribution in [1.29, 1.82) is 0 Å². The molecule has 2 aromatic heterocycles. The Kier molecular flexibility index (Phi) is 5.21. The maximum atomic E-state index is 14.4. The molecule has 0 aliphatic heterocycles. The zero-order chi connectivity index (χ0) is 19.5. The van der Waals surface area contributed by atoms with Gasteiger partial charge in [0.05, 0.1) is 11.9 Å². The van der Waals surface area contributed by atoms with Gasteiger partial charge in [0, 0.05) is 29.4 Å². The zero-order valence-electron chi connectivity index (χ0n) is 15.3. The summed E-state index contributed by atoms with van der Waals surface area (Å²) in [4.78, 5) is 0. The van der Waals surface area contributed by atoms with Gasteiger partial charge in [-0.15, -0.1) is 10.2 Å². The van der Waals surface area contributed by atoms with Crippen LogP contribution in [0, 0.1) is 0 Å². The molecule has 0 spiro atoms. The molecule has 28 heavy (non-hydrogen) atoms. The molecule has 0 amide bonds. The molecule has 0 radical (unpaired) electrons. The summed E-state index contributed by atoms with van der Waals surface area (Å²) in [6, 6.07) is 8.10. The number of aromatic amines is 1. The summed E-state index contributed by atoms with van der Waals surface area (Å²) < 4.78 is 20.1. The van der Waals surface area contributed by atoms with Gasteiger partial charge >= 0.3 is 0 Å². The van der Waals surface area contributed by atoms with Crippen molar-refractivity contribution in [1.82, 2.24) is 20.4 Å². The van der Waals surface area contributed by atoms with E-state index in [0.717, 1.165) is 24.0 Å². The lowest BCUT2D eigenvalue weighted by atomic mass is 10.0. The highest BCUT2D eigenvalue weighted by Crippen LogP contribution is 2.32. The van der Waals surface area contributed by atoms with E-state index >= 15 is 0 Å².